The van der Waals surface area contributed by atoms with E-state index in [-0.39, 0.29) is 5.41 Å². The highest BCUT2D eigenvalue weighted by Crippen LogP contribution is 2.37. The van der Waals surface area contributed by atoms with E-state index < -0.39 is 0 Å². The zero-order chi connectivity index (χ0) is 12.8. The maximum Gasteiger partial charge on any atom is 0.0672 e. The SMILES string of the molecule is Cc1c(C(C)(C)CN)c2cccc(Cl)c2n1C. The molecule has 2 aromatic rings. The number of aryl methyl sites for hydroxylation is 1. The summed E-state index contributed by atoms with van der Waals surface area (Å²) in [5, 5.41) is 2.01. The smallest absolute Gasteiger partial charge is 0.0672 e. The first-order valence-corrected chi connectivity index (χ1v) is 6.22. The maximum absolute atomic E-state index is 6.29. The number of nitrogens with two attached hydrogens (primary N) is 1. The standard InChI is InChI=1S/C14H19ClN2/c1-9-12(14(2,3)8-16)10-6-5-7-11(15)13(10)17(9)4/h5-7H,8,16H2,1-4H3. The number of hydrogen-bond donors (Lipinski definition) is 1. The molecule has 0 aliphatic carbocycles. The van der Waals surface area contributed by atoms with Crippen molar-refractivity contribution in [1.29, 1.82) is 0 Å². The summed E-state index contributed by atoms with van der Waals surface area (Å²) in [4.78, 5) is 0. The quantitative estimate of drug-likeness (QED) is 0.871. The first kappa shape index (κ1) is 12.5. The van der Waals surface area contributed by atoms with Crippen molar-refractivity contribution in [2.75, 3.05) is 6.54 Å². The molecule has 0 atom stereocenters. The Labute approximate surface area is 107 Å². The van der Waals surface area contributed by atoms with Gasteiger partial charge in [0.05, 0.1) is 10.5 Å². The molecule has 0 radical (unpaired) electrons. The average molecular weight is 251 g/mol. The summed E-state index contributed by atoms with van der Waals surface area (Å²) in [5.41, 5.74) is 9.51. The third kappa shape index (κ3) is 1.76. The summed E-state index contributed by atoms with van der Waals surface area (Å²) < 4.78 is 2.16. The summed E-state index contributed by atoms with van der Waals surface area (Å²) in [6.45, 7) is 7.11. The zero-order valence-corrected chi connectivity index (χ0v) is 11.6. The fourth-order valence-electron chi connectivity index (χ4n) is 2.54. The Morgan fingerprint density at radius 3 is 2.59 bits per heavy atom. The maximum atomic E-state index is 6.29. The molecule has 0 unspecified atom stereocenters. The normalized spacial score (nSPS) is 12.4. The number of nitrogens with zero attached hydrogens (tertiary/aromatic N) is 1. The minimum Gasteiger partial charge on any atom is -0.346 e. The summed E-state index contributed by atoms with van der Waals surface area (Å²) in [7, 11) is 2.06. The van der Waals surface area contributed by atoms with Crippen molar-refractivity contribution in [2.24, 2.45) is 12.8 Å². The van der Waals surface area contributed by atoms with E-state index in [0.717, 1.165) is 10.5 Å². The predicted octanol–water partition coefficient (Wildman–Crippen LogP) is 3.38. The Kier molecular flexibility index (Phi) is 2.96. The van der Waals surface area contributed by atoms with Gasteiger partial charge in [0.25, 0.3) is 0 Å². The van der Waals surface area contributed by atoms with E-state index in [9.17, 15) is 0 Å². The van der Waals surface area contributed by atoms with Gasteiger partial charge in [0.1, 0.15) is 0 Å². The second-order valence-corrected chi connectivity index (χ2v) is 5.65. The lowest BCUT2D eigenvalue weighted by Gasteiger charge is -2.23. The molecule has 1 aromatic heterocycles. The molecule has 3 heteroatoms. The van der Waals surface area contributed by atoms with Crippen LogP contribution in [0.5, 0.6) is 0 Å². The molecule has 0 amide bonds. The second-order valence-electron chi connectivity index (χ2n) is 5.24. The average Bonchev–Trinajstić information content (AvgIpc) is 2.53. The third-order valence-corrected chi connectivity index (χ3v) is 3.95. The molecule has 0 spiro atoms. The molecule has 92 valence electrons. The van der Waals surface area contributed by atoms with E-state index in [1.807, 2.05) is 12.1 Å². The monoisotopic (exact) mass is 250 g/mol. The summed E-state index contributed by atoms with van der Waals surface area (Å²) in [6, 6.07) is 6.06. The molecular weight excluding hydrogens is 232 g/mol. The van der Waals surface area contributed by atoms with E-state index in [1.165, 1.54) is 16.6 Å². The lowest BCUT2D eigenvalue weighted by Crippen LogP contribution is -2.28. The first-order valence-electron chi connectivity index (χ1n) is 5.84. The van der Waals surface area contributed by atoms with Gasteiger partial charge in [-0.25, -0.2) is 0 Å². The fraction of sp³-hybridized carbons (Fsp3) is 0.429. The van der Waals surface area contributed by atoms with E-state index in [1.54, 1.807) is 0 Å². The van der Waals surface area contributed by atoms with Crippen molar-refractivity contribution in [3.63, 3.8) is 0 Å². The minimum absolute atomic E-state index is 0.0335. The van der Waals surface area contributed by atoms with Crippen LogP contribution in [0.15, 0.2) is 18.2 Å². The molecule has 0 saturated carbocycles. The van der Waals surface area contributed by atoms with Gasteiger partial charge in [-0.3, -0.25) is 0 Å². The Morgan fingerprint density at radius 1 is 1.35 bits per heavy atom. The number of fused-ring (bicyclic) bond motifs is 1. The third-order valence-electron chi connectivity index (χ3n) is 3.64. The number of rotatable bonds is 2. The molecule has 0 saturated heterocycles. The Hall–Kier alpha value is -0.990. The van der Waals surface area contributed by atoms with E-state index in [2.05, 4.69) is 38.5 Å². The number of halogens is 1. The molecule has 0 bridgehead atoms. The van der Waals surface area contributed by atoms with Crippen molar-refractivity contribution in [1.82, 2.24) is 4.57 Å². The molecule has 2 N–H and O–H groups in total. The number of benzene rings is 1. The molecule has 1 heterocycles. The molecule has 2 nitrogen and oxygen atoms in total. The van der Waals surface area contributed by atoms with E-state index in [0.29, 0.717) is 6.54 Å². The van der Waals surface area contributed by atoms with Crippen LogP contribution in [-0.4, -0.2) is 11.1 Å². The van der Waals surface area contributed by atoms with Crippen LogP contribution in [0.3, 0.4) is 0 Å². The fourth-order valence-corrected chi connectivity index (χ4v) is 2.85. The highest BCUT2D eigenvalue weighted by atomic mass is 35.5. The molecule has 17 heavy (non-hydrogen) atoms. The van der Waals surface area contributed by atoms with Gasteiger partial charge >= 0.3 is 0 Å². The van der Waals surface area contributed by atoms with Crippen LogP contribution in [-0.2, 0) is 12.5 Å². The van der Waals surface area contributed by atoms with E-state index in [4.69, 9.17) is 17.3 Å². The van der Waals surface area contributed by atoms with Gasteiger partial charge in [-0.1, -0.05) is 37.6 Å². The van der Waals surface area contributed by atoms with Crippen LogP contribution in [0.1, 0.15) is 25.1 Å². The van der Waals surface area contributed by atoms with Crippen LogP contribution in [0.2, 0.25) is 5.02 Å². The first-order chi connectivity index (χ1) is 7.90. The number of hydrogen-bond acceptors (Lipinski definition) is 1. The van der Waals surface area contributed by atoms with Crippen molar-refractivity contribution < 1.29 is 0 Å². The van der Waals surface area contributed by atoms with Crippen molar-refractivity contribution in [2.45, 2.75) is 26.2 Å². The zero-order valence-electron chi connectivity index (χ0n) is 10.8. The van der Waals surface area contributed by atoms with E-state index >= 15 is 0 Å². The van der Waals surface area contributed by atoms with Gasteiger partial charge in [-0.05, 0) is 18.6 Å². The topological polar surface area (TPSA) is 30.9 Å². The summed E-state index contributed by atoms with van der Waals surface area (Å²) in [6.07, 6.45) is 0. The molecule has 2 rings (SSSR count). The van der Waals surface area contributed by atoms with Crippen molar-refractivity contribution in [3.8, 4) is 0 Å². The Balaban J connectivity index is 2.90. The van der Waals surface area contributed by atoms with Crippen LogP contribution in [0.25, 0.3) is 10.9 Å². The molecule has 0 fully saturated rings. The predicted molar refractivity (Wildman–Crippen MR) is 74.7 cm³/mol. The van der Waals surface area contributed by atoms with Crippen LogP contribution in [0, 0.1) is 6.92 Å². The van der Waals surface area contributed by atoms with Crippen LogP contribution < -0.4 is 5.73 Å². The van der Waals surface area contributed by atoms with Gasteiger partial charge in [0, 0.05) is 30.1 Å². The largest absolute Gasteiger partial charge is 0.346 e. The lowest BCUT2D eigenvalue weighted by atomic mass is 9.83. The molecule has 1 aromatic carbocycles. The summed E-state index contributed by atoms with van der Waals surface area (Å²) >= 11 is 6.29. The van der Waals surface area contributed by atoms with Crippen LogP contribution >= 0.6 is 11.6 Å². The molecular formula is C14H19ClN2. The van der Waals surface area contributed by atoms with Crippen molar-refractivity contribution in [3.05, 3.63) is 34.5 Å². The Morgan fingerprint density at radius 2 is 2.00 bits per heavy atom. The lowest BCUT2D eigenvalue weighted by molar-refractivity contribution is 0.537. The van der Waals surface area contributed by atoms with Crippen LogP contribution in [0.4, 0.5) is 0 Å². The molecule has 0 aliphatic rings. The number of para-hydroxylation sites is 1. The van der Waals surface area contributed by atoms with Gasteiger partial charge in [0.2, 0.25) is 0 Å². The highest BCUT2D eigenvalue weighted by molar-refractivity contribution is 6.35. The van der Waals surface area contributed by atoms with Gasteiger partial charge in [-0.2, -0.15) is 0 Å². The minimum atomic E-state index is -0.0335. The molecule has 0 aliphatic heterocycles. The van der Waals surface area contributed by atoms with Gasteiger partial charge in [-0.15, -0.1) is 0 Å². The highest BCUT2D eigenvalue weighted by Gasteiger charge is 2.26. The summed E-state index contributed by atoms with van der Waals surface area (Å²) in [5.74, 6) is 0. The second kappa shape index (κ2) is 4.04. The van der Waals surface area contributed by atoms with Crippen molar-refractivity contribution >= 4 is 22.5 Å². The van der Waals surface area contributed by atoms with Gasteiger partial charge < -0.3 is 10.3 Å². The number of aromatic nitrogens is 1. The van der Waals surface area contributed by atoms with Gasteiger partial charge in [0.15, 0.2) is 0 Å². The Bertz CT molecular complexity index is 567.